The molecule has 2 N–H and O–H groups in total. The molecule has 22 heavy (non-hydrogen) atoms. The number of rotatable bonds is 4. The highest BCUT2D eigenvalue weighted by Gasteiger charge is 2.16. The van der Waals surface area contributed by atoms with Crippen molar-refractivity contribution < 1.29 is 19.4 Å². The topological polar surface area (TPSA) is 100 Å². The molecule has 2 amide bonds. The van der Waals surface area contributed by atoms with Crippen molar-refractivity contribution in [2.75, 3.05) is 6.61 Å². The molecule has 9 heteroatoms. The minimum atomic E-state index is -0.952. The van der Waals surface area contributed by atoms with E-state index < -0.39 is 23.5 Å². The fraction of sp³-hybridized carbons (Fsp3) is 0.231. The Bertz CT molecular complexity index is 620. The fourth-order valence-electron chi connectivity index (χ4n) is 1.31. The van der Waals surface area contributed by atoms with Gasteiger partial charge in [-0.3, -0.25) is 10.1 Å². The molecular formula is C13H13Cl2N3O4. The highest BCUT2D eigenvalue weighted by atomic mass is 35.5. The van der Waals surface area contributed by atoms with E-state index in [0.717, 1.165) is 0 Å². The van der Waals surface area contributed by atoms with Crippen LogP contribution in [-0.2, 0) is 9.53 Å². The van der Waals surface area contributed by atoms with Gasteiger partial charge in [0.15, 0.2) is 5.70 Å². The smallest absolute Gasteiger partial charge is 0.414 e. The lowest BCUT2D eigenvalue weighted by Gasteiger charge is -2.04. The zero-order chi connectivity index (χ0) is 16.7. The Hall–Kier alpha value is -2.12. The van der Waals surface area contributed by atoms with Crippen LogP contribution < -0.4 is 5.32 Å². The first-order valence-electron chi connectivity index (χ1n) is 6.09. The van der Waals surface area contributed by atoms with E-state index in [1.54, 1.807) is 6.92 Å². The molecule has 7 nitrogen and oxygen atoms in total. The monoisotopic (exact) mass is 345 g/mol. The van der Waals surface area contributed by atoms with Crippen LogP contribution in [0, 0.1) is 0 Å². The number of imide groups is 1. The van der Waals surface area contributed by atoms with Gasteiger partial charge < -0.3 is 9.84 Å². The number of azo groups is 1. The van der Waals surface area contributed by atoms with Gasteiger partial charge in [0.25, 0.3) is 5.91 Å². The first-order valence-corrected chi connectivity index (χ1v) is 6.84. The van der Waals surface area contributed by atoms with Crippen LogP contribution in [0.4, 0.5) is 10.5 Å². The van der Waals surface area contributed by atoms with E-state index in [-0.39, 0.29) is 12.3 Å². The molecule has 1 rings (SSSR count). The van der Waals surface area contributed by atoms with E-state index in [0.29, 0.717) is 10.0 Å². The molecule has 1 aromatic carbocycles. The van der Waals surface area contributed by atoms with Gasteiger partial charge in [-0.2, -0.15) is 5.11 Å². The Morgan fingerprint density at radius 3 is 2.36 bits per heavy atom. The molecule has 0 heterocycles. The molecule has 0 aromatic heterocycles. The molecule has 0 radical (unpaired) electrons. The first-order chi connectivity index (χ1) is 10.3. The maximum Gasteiger partial charge on any atom is 0.414 e. The van der Waals surface area contributed by atoms with Gasteiger partial charge in [-0.1, -0.05) is 23.2 Å². The van der Waals surface area contributed by atoms with Crippen molar-refractivity contribution in [1.29, 1.82) is 0 Å². The van der Waals surface area contributed by atoms with Crippen molar-refractivity contribution in [3.8, 4) is 0 Å². The van der Waals surface area contributed by atoms with E-state index in [4.69, 9.17) is 23.2 Å². The maximum atomic E-state index is 11.8. The minimum absolute atomic E-state index is 0.0960. The summed E-state index contributed by atoms with van der Waals surface area (Å²) in [7, 11) is 0. The number of halogens is 2. The zero-order valence-corrected chi connectivity index (χ0v) is 13.3. The van der Waals surface area contributed by atoms with Gasteiger partial charge in [-0.05, 0) is 32.0 Å². The summed E-state index contributed by atoms with van der Waals surface area (Å²) in [6, 6.07) is 4.43. The molecule has 0 saturated carbocycles. The summed E-state index contributed by atoms with van der Waals surface area (Å²) in [5.41, 5.74) is -0.163. The van der Waals surface area contributed by atoms with E-state index in [2.05, 4.69) is 15.0 Å². The second kappa shape index (κ2) is 8.35. The third kappa shape index (κ3) is 5.71. The third-order valence-corrected chi connectivity index (χ3v) is 2.60. The van der Waals surface area contributed by atoms with Gasteiger partial charge in [0.1, 0.15) is 5.76 Å². The molecule has 1 aromatic rings. The molecule has 0 fully saturated rings. The number of nitrogens with one attached hydrogen (secondary N) is 1. The summed E-state index contributed by atoms with van der Waals surface area (Å²) >= 11 is 11.6. The van der Waals surface area contributed by atoms with Crippen LogP contribution in [-0.4, -0.2) is 23.7 Å². The van der Waals surface area contributed by atoms with E-state index in [9.17, 15) is 14.7 Å². The molecule has 0 aliphatic carbocycles. The van der Waals surface area contributed by atoms with Crippen LogP contribution in [0.1, 0.15) is 13.8 Å². The van der Waals surface area contributed by atoms with Crippen LogP contribution in [0.5, 0.6) is 0 Å². The van der Waals surface area contributed by atoms with Gasteiger partial charge in [-0.15, -0.1) is 5.11 Å². The van der Waals surface area contributed by atoms with Crippen LogP contribution >= 0.6 is 23.2 Å². The first kappa shape index (κ1) is 17.9. The number of amides is 2. The van der Waals surface area contributed by atoms with Crippen molar-refractivity contribution in [1.82, 2.24) is 5.32 Å². The summed E-state index contributed by atoms with van der Waals surface area (Å²) in [5.74, 6) is -1.37. The van der Waals surface area contributed by atoms with Crippen LogP contribution in [0.15, 0.2) is 39.9 Å². The van der Waals surface area contributed by atoms with Crippen molar-refractivity contribution in [3.05, 3.63) is 39.7 Å². The number of hydrogen-bond donors (Lipinski definition) is 2. The van der Waals surface area contributed by atoms with Gasteiger partial charge in [0, 0.05) is 10.0 Å². The molecule has 0 aliphatic heterocycles. The highest BCUT2D eigenvalue weighted by molar-refractivity contribution is 6.35. The predicted molar refractivity (Wildman–Crippen MR) is 81.5 cm³/mol. The summed E-state index contributed by atoms with van der Waals surface area (Å²) in [4.78, 5) is 23.0. The molecule has 0 spiro atoms. The van der Waals surface area contributed by atoms with E-state index in [1.165, 1.54) is 25.1 Å². The normalized spacial score (nSPS) is 12.0. The average Bonchev–Trinajstić information content (AvgIpc) is 2.37. The SMILES string of the molecule is CCOC(=O)NC(=O)/C(N=Nc1cc(Cl)cc(Cl)c1)=C(\C)O. The van der Waals surface area contributed by atoms with E-state index >= 15 is 0 Å². The molecule has 0 saturated heterocycles. The number of aliphatic hydroxyl groups excluding tert-OH is 1. The number of carbonyl (C=O) groups excluding carboxylic acids is 2. The lowest BCUT2D eigenvalue weighted by atomic mass is 10.3. The summed E-state index contributed by atoms with van der Waals surface area (Å²) in [5, 5.41) is 19.4. The number of benzene rings is 1. The Morgan fingerprint density at radius 2 is 1.86 bits per heavy atom. The van der Waals surface area contributed by atoms with Crippen molar-refractivity contribution in [2.45, 2.75) is 13.8 Å². The average molecular weight is 346 g/mol. The van der Waals surface area contributed by atoms with Crippen LogP contribution in [0.2, 0.25) is 10.0 Å². The lowest BCUT2D eigenvalue weighted by molar-refractivity contribution is -0.117. The summed E-state index contributed by atoms with van der Waals surface area (Å²) < 4.78 is 4.55. The highest BCUT2D eigenvalue weighted by Crippen LogP contribution is 2.25. The molecule has 0 bridgehead atoms. The summed E-state index contributed by atoms with van der Waals surface area (Å²) in [6.45, 7) is 2.91. The Morgan fingerprint density at radius 1 is 1.27 bits per heavy atom. The standard InChI is InChI=1S/C13H13Cl2N3O4/c1-3-22-13(21)16-12(20)11(7(2)19)18-17-10-5-8(14)4-9(15)6-10/h4-6,19H,3H2,1-2H3,(H,16,20,21)/b11-7-,18-17?. The number of alkyl carbamates (subject to hydrolysis) is 1. The van der Waals surface area contributed by atoms with Gasteiger partial charge >= 0.3 is 6.09 Å². The number of ether oxygens (including phenoxy) is 1. The zero-order valence-electron chi connectivity index (χ0n) is 11.8. The van der Waals surface area contributed by atoms with Crippen molar-refractivity contribution in [3.63, 3.8) is 0 Å². The molecule has 0 atom stereocenters. The second-order valence-electron chi connectivity index (χ2n) is 3.94. The largest absolute Gasteiger partial charge is 0.510 e. The second-order valence-corrected chi connectivity index (χ2v) is 4.81. The van der Waals surface area contributed by atoms with Crippen molar-refractivity contribution in [2.24, 2.45) is 10.2 Å². The number of hydrogen-bond acceptors (Lipinski definition) is 6. The van der Waals surface area contributed by atoms with Gasteiger partial charge in [0.2, 0.25) is 0 Å². The maximum absolute atomic E-state index is 11.8. The van der Waals surface area contributed by atoms with Gasteiger partial charge in [0.05, 0.1) is 12.3 Å². The lowest BCUT2D eigenvalue weighted by Crippen LogP contribution is -2.32. The Balaban J connectivity index is 2.93. The molecule has 0 aliphatic rings. The quantitative estimate of drug-likeness (QED) is 0.486. The molecule has 0 unspecified atom stereocenters. The molecular weight excluding hydrogens is 333 g/mol. The van der Waals surface area contributed by atoms with E-state index in [1.807, 2.05) is 5.32 Å². The number of nitrogens with zero attached hydrogens (tertiary/aromatic N) is 2. The van der Waals surface area contributed by atoms with Crippen molar-refractivity contribution >= 4 is 40.9 Å². The third-order valence-electron chi connectivity index (χ3n) is 2.16. The predicted octanol–water partition coefficient (Wildman–Crippen LogP) is 4.14. The Kier molecular flexibility index (Phi) is 6.81. The Labute approximate surface area is 136 Å². The van der Waals surface area contributed by atoms with Crippen LogP contribution in [0.25, 0.3) is 0 Å². The number of aliphatic hydroxyl groups is 1. The number of carbonyl (C=O) groups is 2. The van der Waals surface area contributed by atoms with Gasteiger partial charge in [-0.25, -0.2) is 4.79 Å². The fourth-order valence-corrected chi connectivity index (χ4v) is 1.82. The minimum Gasteiger partial charge on any atom is -0.510 e. The molecule has 118 valence electrons. The number of allylic oxidation sites excluding steroid dienone is 1. The summed E-state index contributed by atoms with van der Waals surface area (Å²) in [6.07, 6.45) is -0.952. The van der Waals surface area contributed by atoms with Crippen LogP contribution in [0.3, 0.4) is 0 Å².